The highest BCUT2D eigenvalue weighted by Gasteiger charge is 2.69. The summed E-state index contributed by atoms with van der Waals surface area (Å²) in [6.07, 6.45) is 1.93. The van der Waals surface area contributed by atoms with Crippen LogP contribution in [0, 0.1) is 0 Å². The molecule has 8 aromatic carbocycles. The van der Waals surface area contributed by atoms with E-state index in [0.29, 0.717) is 6.67 Å². The van der Waals surface area contributed by atoms with Crippen molar-refractivity contribution in [3.05, 3.63) is 256 Å². The normalized spacial score (nSPS) is 21.6. The number of hydrogen-bond acceptors (Lipinski definition) is 4. The molecule has 7 aliphatic rings. The van der Waals surface area contributed by atoms with Gasteiger partial charge in [0.05, 0.1) is 29.1 Å². The van der Waals surface area contributed by atoms with E-state index in [9.17, 15) is 0 Å². The Kier molecular flexibility index (Phi) is 8.21. The zero-order valence-corrected chi connectivity index (χ0v) is 39.6. The van der Waals surface area contributed by atoms with Gasteiger partial charge in [0.25, 0.3) is 0 Å². The van der Waals surface area contributed by atoms with Crippen molar-refractivity contribution < 1.29 is 4.74 Å². The minimum absolute atomic E-state index is 0.0152. The SMILES string of the molecule is CC(C)(C)c1ccnc(-n2c3ccccc3c3ccc(Oc4cccc(N5CN(C67c8ccccc8C(c8ccccc86)C6(C)c8ccccc8C7(C)c7ccccc76)c6ccccc65)c4)cc32)c1. The molecule has 0 spiro atoms. The van der Waals surface area contributed by atoms with Crippen molar-refractivity contribution in [1.29, 1.82) is 0 Å². The number of anilines is 3. The molecule has 334 valence electrons. The second-order valence-corrected chi connectivity index (χ2v) is 21.0. The topological polar surface area (TPSA) is 33.5 Å². The van der Waals surface area contributed by atoms with Crippen LogP contribution in [0.2, 0.25) is 0 Å². The summed E-state index contributed by atoms with van der Waals surface area (Å²) >= 11 is 0. The molecule has 69 heavy (non-hydrogen) atoms. The van der Waals surface area contributed by atoms with Gasteiger partial charge in [-0.05, 0) is 117 Å². The standard InChI is InChI=1S/C64H52N4O/c1-61(2,3)41-35-36-65-59(37-41)68-55-30-15-8-21-45(55)46-34-33-44(39-58(46)68)69-43-20-18-19-42(38-43)66-40-67(57-32-17-16-31-56(57)66)64-49-24-9-6-22-47(49)60(48-23-7-10-25-50(48)64)62(4)51-26-11-13-28-53(51)63(64,5)54-29-14-12-27-52(54)62/h6-39,60H,40H2,1-5H3. The number of ether oxygens (including phenoxy) is 1. The van der Waals surface area contributed by atoms with E-state index in [2.05, 4.69) is 249 Å². The first-order valence-corrected chi connectivity index (χ1v) is 24.4. The first kappa shape index (κ1) is 40.2. The van der Waals surface area contributed by atoms with Gasteiger partial charge in [-0.2, -0.15) is 0 Å². The van der Waals surface area contributed by atoms with E-state index in [1.807, 2.05) is 6.20 Å². The smallest absolute Gasteiger partial charge is 0.137 e. The minimum Gasteiger partial charge on any atom is -0.457 e. The lowest BCUT2D eigenvalue weighted by molar-refractivity contribution is 0.257. The van der Waals surface area contributed by atoms with Crippen LogP contribution in [0.3, 0.4) is 0 Å². The molecule has 6 aliphatic carbocycles. The number of rotatable bonds is 5. The van der Waals surface area contributed by atoms with Gasteiger partial charge in [-0.1, -0.05) is 161 Å². The van der Waals surface area contributed by atoms with Gasteiger partial charge in [0.15, 0.2) is 0 Å². The number of benzene rings is 8. The second-order valence-electron chi connectivity index (χ2n) is 21.0. The van der Waals surface area contributed by atoms with E-state index in [0.717, 1.165) is 39.4 Å². The van der Waals surface area contributed by atoms with Crippen molar-refractivity contribution in [1.82, 2.24) is 9.55 Å². The van der Waals surface area contributed by atoms with Crippen LogP contribution < -0.4 is 14.5 Å². The number of hydrogen-bond donors (Lipinski definition) is 0. The van der Waals surface area contributed by atoms with Crippen molar-refractivity contribution in [2.45, 2.75) is 62.3 Å². The minimum atomic E-state index is -0.654. The Labute approximate surface area is 403 Å². The molecule has 0 unspecified atom stereocenters. The van der Waals surface area contributed by atoms with Gasteiger partial charge in [0, 0.05) is 51.5 Å². The fourth-order valence-corrected chi connectivity index (χ4v) is 13.8. The van der Waals surface area contributed by atoms with Gasteiger partial charge in [-0.25, -0.2) is 4.98 Å². The highest BCUT2D eigenvalue weighted by atomic mass is 16.5. The maximum absolute atomic E-state index is 6.92. The summed E-state index contributed by atoms with van der Waals surface area (Å²) < 4.78 is 9.20. The van der Waals surface area contributed by atoms with Gasteiger partial charge >= 0.3 is 0 Å². The monoisotopic (exact) mass is 892 g/mol. The molecule has 0 fully saturated rings. The first-order chi connectivity index (χ1) is 33.6. The van der Waals surface area contributed by atoms with Gasteiger partial charge in [0.2, 0.25) is 0 Å². The lowest BCUT2D eigenvalue weighted by atomic mass is 9.40. The summed E-state index contributed by atoms with van der Waals surface area (Å²) in [6.45, 7) is 12.4. The second kappa shape index (κ2) is 14.1. The molecule has 5 heteroatoms. The molecule has 0 saturated carbocycles. The van der Waals surface area contributed by atoms with Crippen molar-refractivity contribution in [2.75, 3.05) is 16.5 Å². The molecular formula is C64H52N4O. The predicted molar refractivity (Wildman–Crippen MR) is 281 cm³/mol. The van der Waals surface area contributed by atoms with Crippen molar-refractivity contribution in [3.8, 4) is 17.3 Å². The van der Waals surface area contributed by atoms with E-state index >= 15 is 0 Å². The fourth-order valence-electron chi connectivity index (χ4n) is 13.8. The quantitative estimate of drug-likeness (QED) is 0.172. The summed E-state index contributed by atoms with van der Waals surface area (Å²) in [7, 11) is 0. The number of aromatic nitrogens is 2. The van der Waals surface area contributed by atoms with Gasteiger partial charge < -0.3 is 14.5 Å². The zero-order valence-electron chi connectivity index (χ0n) is 39.6. The van der Waals surface area contributed by atoms with E-state index in [-0.39, 0.29) is 16.7 Å². The summed E-state index contributed by atoms with van der Waals surface area (Å²) in [5.41, 5.74) is 16.6. The Morgan fingerprint density at radius 2 is 1.10 bits per heavy atom. The van der Waals surface area contributed by atoms with E-state index in [4.69, 9.17) is 9.72 Å². The van der Waals surface area contributed by atoms with Crippen LogP contribution in [0.5, 0.6) is 11.5 Å². The van der Waals surface area contributed by atoms with Gasteiger partial charge in [-0.3, -0.25) is 4.57 Å². The van der Waals surface area contributed by atoms with Crippen LogP contribution in [0.1, 0.15) is 90.6 Å². The Morgan fingerprint density at radius 1 is 0.522 bits per heavy atom. The van der Waals surface area contributed by atoms with Crippen LogP contribution in [0.4, 0.5) is 17.1 Å². The molecule has 17 rings (SSSR count). The average molecular weight is 893 g/mol. The molecule has 10 aromatic rings. The Hall–Kier alpha value is -7.89. The predicted octanol–water partition coefficient (Wildman–Crippen LogP) is 15.2. The van der Waals surface area contributed by atoms with E-state index in [1.165, 1.54) is 66.8 Å². The molecule has 4 bridgehead atoms. The average Bonchev–Trinajstić information content (AvgIpc) is 3.93. The zero-order chi connectivity index (χ0) is 46.4. The Bertz CT molecular complexity index is 3670. The molecule has 0 atom stereocenters. The summed E-state index contributed by atoms with van der Waals surface area (Å²) in [6, 6.07) is 74.7. The van der Waals surface area contributed by atoms with Crippen LogP contribution in [0.15, 0.2) is 206 Å². The third-order valence-corrected chi connectivity index (χ3v) is 16.7. The van der Waals surface area contributed by atoms with Crippen molar-refractivity contribution in [2.24, 2.45) is 0 Å². The molecule has 3 heterocycles. The van der Waals surface area contributed by atoms with E-state index in [1.54, 1.807) is 0 Å². The molecule has 0 radical (unpaired) electrons. The molecule has 0 N–H and O–H groups in total. The third kappa shape index (κ3) is 5.17. The summed E-state index contributed by atoms with van der Waals surface area (Å²) in [5, 5.41) is 2.35. The fraction of sp³-hybridized carbons (Fsp3) is 0.172. The van der Waals surface area contributed by atoms with Crippen LogP contribution >= 0.6 is 0 Å². The maximum atomic E-state index is 6.92. The summed E-state index contributed by atoms with van der Waals surface area (Å²) in [5.74, 6) is 2.56. The van der Waals surface area contributed by atoms with Crippen LogP contribution in [-0.4, -0.2) is 16.2 Å². The lowest BCUT2D eigenvalue weighted by Crippen LogP contribution is -2.67. The lowest BCUT2D eigenvalue weighted by Gasteiger charge is -2.66. The third-order valence-electron chi connectivity index (χ3n) is 16.7. The van der Waals surface area contributed by atoms with Crippen LogP contribution in [0.25, 0.3) is 27.6 Å². The number of pyridine rings is 1. The van der Waals surface area contributed by atoms with Crippen molar-refractivity contribution in [3.63, 3.8) is 0 Å². The highest BCUT2D eigenvalue weighted by Crippen LogP contribution is 2.72. The number of nitrogens with zero attached hydrogens (tertiary/aromatic N) is 4. The molecule has 5 nitrogen and oxygen atoms in total. The Morgan fingerprint density at radius 3 is 1.80 bits per heavy atom. The van der Waals surface area contributed by atoms with E-state index < -0.39 is 11.0 Å². The van der Waals surface area contributed by atoms with Crippen molar-refractivity contribution >= 4 is 38.9 Å². The number of para-hydroxylation sites is 3. The molecule has 0 saturated heterocycles. The largest absolute Gasteiger partial charge is 0.457 e. The molecule has 0 amide bonds. The van der Waals surface area contributed by atoms with Gasteiger partial charge in [0.1, 0.15) is 22.9 Å². The number of fused-ring (bicyclic) bond motifs is 4. The Balaban J connectivity index is 0.927. The molecule has 1 aliphatic heterocycles. The van der Waals surface area contributed by atoms with Crippen LogP contribution in [-0.2, 0) is 21.8 Å². The maximum Gasteiger partial charge on any atom is 0.137 e. The highest BCUT2D eigenvalue weighted by molar-refractivity contribution is 6.09. The van der Waals surface area contributed by atoms with Gasteiger partial charge in [-0.15, -0.1) is 0 Å². The summed E-state index contributed by atoms with van der Waals surface area (Å²) in [4.78, 5) is 10.2. The molecular weight excluding hydrogens is 841 g/mol. The first-order valence-electron chi connectivity index (χ1n) is 24.4. The molecule has 2 aromatic heterocycles.